The molecule has 1 fully saturated rings. The van der Waals surface area contributed by atoms with Gasteiger partial charge in [0.15, 0.2) is 11.5 Å². The molecule has 8 heteroatoms. The zero-order chi connectivity index (χ0) is 15.4. The molecule has 8 nitrogen and oxygen atoms in total. The number of piperazine rings is 1. The lowest BCUT2D eigenvalue weighted by molar-refractivity contribution is -0.130. The Morgan fingerprint density at radius 2 is 2.14 bits per heavy atom. The van der Waals surface area contributed by atoms with Crippen molar-refractivity contribution in [2.24, 2.45) is 0 Å². The van der Waals surface area contributed by atoms with Gasteiger partial charge in [0.05, 0.1) is 0 Å². The van der Waals surface area contributed by atoms with Crippen molar-refractivity contribution >= 4 is 17.6 Å². The molecule has 1 aromatic rings. The van der Waals surface area contributed by atoms with E-state index in [1.54, 1.807) is 38.2 Å². The first kappa shape index (κ1) is 15.2. The molecule has 0 aliphatic carbocycles. The van der Waals surface area contributed by atoms with Crippen LogP contribution in [0.2, 0.25) is 0 Å². The Hall–Kier alpha value is -2.22. The lowest BCUT2D eigenvalue weighted by Gasteiger charge is -2.36. The predicted molar refractivity (Wildman–Crippen MR) is 78.1 cm³/mol. The van der Waals surface area contributed by atoms with E-state index in [2.05, 4.69) is 20.8 Å². The molecule has 1 aliphatic heterocycles. The Bertz CT molecular complexity index is 516. The topological polar surface area (TPSA) is 90.5 Å². The summed E-state index contributed by atoms with van der Waals surface area (Å²) in [6.45, 7) is 2.00. The second-order valence-electron chi connectivity index (χ2n) is 5.00. The molecule has 114 valence electrons. The lowest BCUT2D eigenvalue weighted by Crippen LogP contribution is -2.58. The maximum absolute atomic E-state index is 12.2. The number of nitrogens with one attached hydrogen (secondary N) is 2. The number of nitrogens with zero attached hydrogens (tertiary/aromatic N) is 4. The van der Waals surface area contributed by atoms with Crippen LogP contribution in [-0.2, 0) is 4.79 Å². The molecule has 0 radical (unpaired) electrons. The molecule has 2 amide bonds. The van der Waals surface area contributed by atoms with E-state index < -0.39 is 0 Å². The highest BCUT2D eigenvalue weighted by atomic mass is 16.2. The van der Waals surface area contributed by atoms with Gasteiger partial charge in [-0.2, -0.15) is 0 Å². The second kappa shape index (κ2) is 6.49. The summed E-state index contributed by atoms with van der Waals surface area (Å²) in [7, 11) is 5.00. The van der Waals surface area contributed by atoms with E-state index in [9.17, 15) is 9.59 Å². The van der Waals surface area contributed by atoms with E-state index in [4.69, 9.17) is 0 Å². The second-order valence-corrected chi connectivity index (χ2v) is 5.00. The molecule has 1 aromatic heterocycles. The van der Waals surface area contributed by atoms with Gasteiger partial charge in [-0.3, -0.25) is 9.59 Å². The minimum atomic E-state index is -0.311. The molecular weight excluding hydrogens is 272 g/mol. The van der Waals surface area contributed by atoms with Gasteiger partial charge >= 0.3 is 0 Å². The Balaban J connectivity index is 2.21. The summed E-state index contributed by atoms with van der Waals surface area (Å²) in [5.41, 5.74) is 0.256. The summed E-state index contributed by atoms with van der Waals surface area (Å²) < 4.78 is 0. The Morgan fingerprint density at radius 1 is 1.38 bits per heavy atom. The van der Waals surface area contributed by atoms with Crippen LogP contribution in [-0.4, -0.2) is 73.7 Å². The average molecular weight is 292 g/mol. The standard InChI is InChI=1S/C13H20N6O2/c1-14-12(20)9-4-5-11(17-16-9)19-7-6-15-8-10(19)13(21)18(2)3/h4-5,10,15H,6-8H2,1-3H3,(H,14,20). The van der Waals surface area contributed by atoms with E-state index in [-0.39, 0.29) is 23.6 Å². The van der Waals surface area contributed by atoms with Gasteiger partial charge in [-0.15, -0.1) is 10.2 Å². The quantitative estimate of drug-likeness (QED) is 0.720. The number of amides is 2. The maximum atomic E-state index is 12.2. The fourth-order valence-corrected chi connectivity index (χ4v) is 2.22. The van der Waals surface area contributed by atoms with Crippen LogP contribution in [0, 0.1) is 0 Å². The minimum absolute atomic E-state index is 0.0133. The predicted octanol–water partition coefficient (Wildman–Crippen LogP) is -1.30. The molecule has 1 atom stereocenters. The van der Waals surface area contributed by atoms with Gasteiger partial charge in [-0.05, 0) is 12.1 Å². The number of likely N-dealkylation sites (N-methyl/N-ethyl adjacent to an activating group) is 1. The molecule has 0 bridgehead atoms. The normalized spacial score (nSPS) is 18.2. The van der Waals surface area contributed by atoms with Crippen molar-refractivity contribution in [3.63, 3.8) is 0 Å². The number of anilines is 1. The van der Waals surface area contributed by atoms with Crippen LogP contribution < -0.4 is 15.5 Å². The summed E-state index contributed by atoms with van der Waals surface area (Å²) >= 11 is 0. The SMILES string of the molecule is CNC(=O)c1ccc(N2CCNCC2C(=O)N(C)C)nn1. The molecule has 2 rings (SSSR count). The molecular formula is C13H20N6O2. The van der Waals surface area contributed by atoms with E-state index in [0.717, 1.165) is 6.54 Å². The van der Waals surface area contributed by atoms with E-state index in [1.165, 1.54) is 0 Å². The van der Waals surface area contributed by atoms with Crippen molar-refractivity contribution in [3.8, 4) is 0 Å². The fraction of sp³-hybridized carbons (Fsp3) is 0.538. The minimum Gasteiger partial charge on any atom is -0.354 e. The number of carbonyl (C=O) groups is 2. The number of hydrogen-bond acceptors (Lipinski definition) is 6. The van der Waals surface area contributed by atoms with Gasteiger partial charge in [-0.25, -0.2) is 0 Å². The summed E-state index contributed by atoms with van der Waals surface area (Å²) in [5.74, 6) is 0.332. The first-order valence-corrected chi connectivity index (χ1v) is 6.79. The maximum Gasteiger partial charge on any atom is 0.271 e. The van der Waals surface area contributed by atoms with Crippen molar-refractivity contribution in [1.82, 2.24) is 25.7 Å². The van der Waals surface area contributed by atoms with E-state index in [0.29, 0.717) is 18.9 Å². The Kier molecular flexibility index (Phi) is 4.69. The zero-order valence-electron chi connectivity index (χ0n) is 12.5. The van der Waals surface area contributed by atoms with Crippen molar-refractivity contribution in [3.05, 3.63) is 17.8 Å². The summed E-state index contributed by atoms with van der Waals surface area (Å²) in [5, 5.41) is 13.7. The van der Waals surface area contributed by atoms with Crippen molar-refractivity contribution < 1.29 is 9.59 Å². The van der Waals surface area contributed by atoms with Gasteiger partial charge < -0.3 is 20.4 Å². The highest BCUT2D eigenvalue weighted by molar-refractivity contribution is 5.92. The van der Waals surface area contributed by atoms with Gasteiger partial charge in [-0.1, -0.05) is 0 Å². The summed E-state index contributed by atoms with van der Waals surface area (Å²) in [6, 6.07) is 3.02. The molecule has 0 saturated carbocycles. The average Bonchev–Trinajstić information content (AvgIpc) is 2.53. The number of aromatic nitrogens is 2. The van der Waals surface area contributed by atoms with Crippen molar-refractivity contribution in [2.75, 3.05) is 45.7 Å². The number of hydrogen-bond donors (Lipinski definition) is 2. The highest BCUT2D eigenvalue weighted by Crippen LogP contribution is 2.16. The Labute approximate surface area is 123 Å². The molecule has 1 unspecified atom stereocenters. The molecule has 0 spiro atoms. The van der Waals surface area contributed by atoms with Crippen LogP contribution in [0.4, 0.5) is 5.82 Å². The lowest BCUT2D eigenvalue weighted by atomic mass is 10.1. The fourth-order valence-electron chi connectivity index (χ4n) is 2.22. The van der Waals surface area contributed by atoms with Crippen LogP contribution in [0.5, 0.6) is 0 Å². The van der Waals surface area contributed by atoms with Gasteiger partial charge in [0.2, 0.25) is 5.91 Å². The Morgan fingerprint density at radius 3 is 2.71 bits per heavy atom. The monoisotopic (exact) mass is 292 g/mol. The van der Waals surface area contributed by atoms with Crippen molar-refractivity contribution in [2.45, 2.75) is 6.04 Å². The molecule has 2 heterocycles. The van der Waals surface area contributed by atoms with Crippen LogP contribution in [0.3, 0.4) is 0 Å². The summed E-state index contributed by atoms with van der Waals surface area (Å²) in [4.78, 5) is 27.2. The number of rotatable bonds is 3. The highest BCUT2D eigenvalue weighted by Gasteiger charge is 2.30. The largest absolute Gasteiger partial charge is 0.354 e. The molecule has 1 saturated heterocycles. The van der Waals surface area contributed by atoms with E-state index >= 15 is 0 Å². The van der Waals surface area contributed by atoms with Crippen LogP contribution >= 0.6 is 0 Å². The van der Waals surface area contributed by atoms with Crippen LogP contribution in [0.1, 0.15) is 10.5 Å². The number of carbonyl (C=O) groups excluding carboxylic acids is 2. The molecule has 2 N–H and O–H groups in total. The van der Waals surface area contributed by atoms with E-state index in [1.807, 2.05) is 4.90 Å². The smallest absolute Gasteiger partial charge is 0.271 e. The molecule has 0 aromatic carbocycles. The van der Waals surface area contributed by atoms with Gasteiger partial charge in [0.25, 0.3) is 5.91 Å². The van der Waals surface area contributed by atoms with Crippen molar-refractivity contribution in [1.29, 1.82) is 0 Å². The third kappa shape index (κ3) is 3.27. The molecule has 1 aliphatic rings. The third-order valence-corrected chi connectivity index (χ3v) is 3.37. The summed E-state index contributed by atoms with van der Waals surface area (Å²) in [6.07, 6.45) is 0. The van der Waals surface area contributed by atoms with Gasteiger partial charge in [0.1, 0.15) is 6.04 Å². The molecule has 21 heavy (non-hydrogen) atoms. The first-order chi connectivity index (χ1) is 10.0. The van der Waals surface area contributed by atoms with Gasteiger partial charge in [0, 0.05) is 40.8 Å². The zero-order valence-corrected chi connectivity index (χ0v) is 12.5. The van der Waals surface area contributed by atoms with Crippen LogP contribution in [0.25, 0.3) is 0 Å². The first-order valence-electron chi connectivity index (χ1n) is 6.79. The van der Waals surface area contributed by atoms with Crippen LogP contribution in [0.15, 0.2) is 12.1 Å². The third-order valence-electron chi connectivity index (χ3n) is 3.37.